The minimum atomic E-state index is -1.02. The molecule has 1 atom stereocenters. The minimum Gasteiger partial charge on any atom is -0.480 e. The molecule has 2 N–H and O–H groups in total. The van der Waals surface area contributed by atoms with Gasteiger partial charge in [0.15, 0.2) is 0 Å². The molecule has 0 radical (unpaired) electrons. The predicted molar refractivity (Wildman–Crippen MR) is 71.0 cm³/mol. The van der Waals surface area contributed by atoms with Gasteiger partial charge in [-0.2, -0.15) is 0 Å². The van der Waals surface area contributed by atoms with Gasteiger partial charge in [0.25, 0.3) is 0 Å². The van der Waals surface area contributed by atoms with Crippen LogP contribution in [0.3, 0.4) is 0 Å². The SMILES string of the molecule is CC1(C)CN(C(=O)NC(C(=O)O)C(C)(C)C)CCO1. The van der Waals surface area contributed by atoms with Gasteiger partial charge in [-0.1, -0.05) is 20.8 Å². The molecule has 110 valence electrons. The number of urea groups is 1. The van der Waals surface area contributed by atoms with Gasteiger partial charge in [-0.15, -0.1) is 0 Å². The molecule has 1 fully saturated rings. The minimum absolute atomic E-state index is 0.348. The fourth-order valence-electron chi connectivity index (χ4n) is 2.05. The molecule has 1 aliphatic heterocycles. The number of amides is 2. The second kappa shape index (κ2) is 5.36. The summed E-state index contributed by atoms with van der Waals surface area (Å²) in [5.74, 6) is -1.02. The number of carbonyl (C=O) groups is 2. The number of nitrogens with zero attached hydrogens (tertiary/aromatic N) is 1. The fourth-order valence-corrected chi connectivity index (χ4v) is 2.05. The highest BCUT2D eigenvalue weighted by atomic mass is 16.5. The number of carboxylic acids is 1. The topological polar surface area (TPSA) is 78.9 Å². The number of morpholine rings is 1. The number of rotatable bonds is 2. The van der Waals surface area contributed by atoms with Crippen LogP contribution in [0, 0.1) is 5.41 Å². The standard InChI is InChI=1S/C13H24N2O4/c1-12(2,3)9(10(16)17)14-11(18)15-6-7-19-13(4,5)8-15/h9H,6-8H2,1-5H3,(H,14,18)(H,16,17). The fraction of sp³-hybridized carbons (Fsp3) is 0.846. The number of ether oxygens (including phenoxy) is 1. The first-order chi connectivity index (χ1) is 8.53. The molecule has 0 aromatic carbocycles. The van der Waals surface area contributed by atoms with E-state index < -0.39 is 23.0 Å². The highest BCUT2D eigenvalue weighted by Gasteiger charge is 2.36. The van der Waals surface area contributed by atoms with E-state index in [2.05, 4.69) is 5.32 Å². The quantitative estimate of drug-likeness (QED) is 0.794. The summed E-state index contributed by atoms with van der Waals surface area (Å²) >= 11 is 0. The summed E-state index contributed by atoms with van der Waals surface area (Å²) in [6.45, 7) is 10.6. The molecule has 1 saturated heterocycles. The van der Waals surface area contributed by atoms with Crippen LogP contribution in [-0.4, -0.2) is 53.3 Å². The van der Waals surface area contributed by atoms with Gasteiger partial charge in [0.2, 0.25) is 0 Å². The number of nitrogens with one attached hydrogen (secondary N) is 1. The highest BCUT2D eigenvalue weighted by molar-refractivity contribution is 5.83. The predicted octanol–water partition coefficient (Wildman–Crippen LogP) is 1.31. The van der Waals surface area contributed by atoms with Crippen molar-refractivity contribution < 1.29 is 19.4 Å². The summed E-state index contributed by atoms with van der Waals surface area (Å²) in [6.07, 6.45) is 0. The van der Waals surface area contributed by atoms with E-state index in [9.17, 15) is 14.7 Å². The largest absolute Gasteiger partial charge is 0.480 e. The summed E-state index contributed by atoms with van der Waals surface area (Å²) < 4.78 is 5.53. The van der Waals surface area contributed by atoms with Crippen molar-refractivity contribution in [2.45, 2.75) is 46.3 Å². The molecule has 6 nitrogen and oxygen atoms in total. The third-order valence-corrected chi connectivity index (χ3v) is 3.09. The van der Waals surface area contributed by atoms with Crippen molar-refractivity contribution in [3.63, 3.8) is 0 Å². The molecule has 0 spiro atoms. The summed E-state index contributed by atoms with van der Waals surface area (Å²) in [5, 5.41) is 11.8. The molecule has 0 aliphatic carbocycles. The van der Waals surface area contributed by atoms with E-state index in [4.69, 9.17) is 4.74 Å². The zero-order valence-electron chi connectivity index (χ0n) is 12.3. The van der Waals surface area contributed by atoms with Gasteiger partial charge in [-0.05, 0) is 19.3 Å². The maximum Gasteiger partial charge on any atom is 0.326 e. The number of carbonyl (C=O) groups excluding carboxylic acids is 1. The molecule has 0 aromatic heterocycles. The van der Waals surface area contributed by atoms with Crippen molar-refractivity contribution in [3.05, 3.63) is 0 Å². The van der Waals surface area contributed by atoms with Crippen molar-refractivity contribution in [3.8, 4) is 0 Å². The molecule has 0 saturated carbocycles. The Hall–Kier alpha value is -1.30. The molecule has 2 amide bonds. The Balaban J connectivity index is 2.70. The molecule has 1 rings (SSSR count). The third kappa shape index (κ3) is 4.38. The van der Waals surface area contributed by atoms with Gasteiger partial charge in [0.05, 0.1) is 18.8 Å². The van der Waals surface area contributed by atoms with Gasteiger partial charge < -0.3 is 20.1 Å². The monoisotopic (exact) mass is 272 g/mol. The second-order valence-corrected chi connectivity index (χ2v) is 6.62. The number of carboxylic acid groups (broad SMARTS) is 1. The summed E-state index contributed by atoms with van der Waals surface area (Å²) in [6, 6.07) is -1.26. The van der Waals surface area contributed by atoms with Crippen LogP contribution in [0.25, 0.3) is 0 Å². The van der Waals surface area contributed by atoms with Crippen LogP contribution < -0.4 is 5.32 Å². The van der Waals surface area contributed by atoms with E-state index in [-0.39, 0.29) is 6.03 Å². The third-order valence-electron chi connectivity index (χ3n) is 3.09. The number of aliphatic carboxylic acids is 1. The Labute approximate surface area is 114 Å². The molecule has 1 unspecified atom stereocenters. The van der Waals surface area contributed by atoms with Crippen molar-refractivity contribution in [1.82, 2.24) is 10.2 Å². The molecule has 6 heteroatoms. The van der Waals surface area contributed by atoms with Crippen molar-refractivity contribution in [2.24, 2.45) is 5.41 Å². The first-order valence-electron chi connectivity index (χ1n) is 6.45. The first-order valence-corrected chi connectivity index (χ1v) is 6.45. The van der Waals surface area contributed by atoms with Crippen LogP contribution >= 0.6 is 0 Å². The van der Waals surface area contributed by atoms with E-state index in [1.165, 1.54) is 0 Å². The van der Waals surface area contributed by atoms with Gasteiger partial charge >= 0.3 is 12.0 Å². The Bertz CT molecular complexity index is 360. The number of hydrogen-bond donors (Lipinski definition) is 2. The maximum atomic E-state index is 12.1. The Morgan fingerprint density at radius 3 is 2.37 bits per heavy atom. The summed E-state index contributed by atoms with van der Waals surface area (Å²) in [7, 11) is 0. The average molecular weight is 272 g/mol. The maximum absolute atomic E-state index is 12.1. The van der Waals surface area contributed by atoms with E-state index in [1.54, 1.807) is 25.7 Å². The summed E-state index contributed by atoms with van der Waals surface area (Å²) in [5.41, 5.74) is -0.931. The smallest absolute Gasteiger partial charge is 0.326 e. The first kappa shape index (κ1) is 15.8. The van der Waals surface area contributed by atoms with Gasteiger partial charge in [0.1, 0.15) is 6.04 Å². The summed E-state index contributed by atoms with van der Waals surface area (Å²) in [4.78, 5) is 25.0. The Kier molecular flexibility index (Phi) is 4.45. The molecule has 19 heavy (non-hydrogen) atoms. The number of hydrogen-bond acceptors (Lipinski definition) is 3. The lowest BCUT2D eigenvalue weighted by Gasteiger charge is -2.39. The van der Waals surface area contributed by atoms with Crippen LogP contribution in [0.4, 0.5) is 4.79 Å². The van der Waals surface area contributed by atoms with Gasteiger partial charge in [-0.25, -0.2) is 9.59 Å². The lowest BCUT2D eigenvalue weighted by atomic mass is 9.87. The van der Waals surface area contributed by atoms with E-state index in [1.807, 2.05) is 13.8 Å². The lowest BCUT2D eigenvalue weighted by molar-refractivity contribution is -0.142. The van der Waals surface area contributed by atoms with Gasteiger partial charge in [-0.3, -0.25) is 0 Å². The Morgan fingerprint density at radius 1 is 1.37 bits per heavy atom. The van der Waals surface area contributed by atoms with Crippen molar-refractivity contribution in [1.29, 1.82) is 0 Å². The van der Waals surface area contributed by atoms with Crippen LogP contribution in [-0.2, 0) is 9.53 Å². The zero-order valence-corrected chi connectivity index (χ0v) is 12.3. The molecule has 1 aliphatic rings. The lowest BCUT2D eigenvalue weighted by Crippen LogP contribution is -2.58. The van der Waals surface area contributed by atoms with Crippen molar-refractivity contribution in [2.75, 3.05) is 19.7 Å². The van der Waals surface area contributed by atoms with E-state index in [0.29, 0.717) is 19.7 Å². The van der Waals surface area contributed by atoms with E-state index in [0.717, 1.165) is 0 Å². The zero-order chi connectivity index (χ0) is 14.8. The molecular formula is C13H24N2O4. The van der Waals surface area contributed by atoms with E-state index >= 15 is 0 Å². The highest BCUT2D eigenvalue weighted by Crippen LogP contribution is 2.21. The normalized spacial score (nSPS) is 20.8. The van der Waals surface area contributed by atoms with Crippen LogP contribution in [0.2, 0.25) is 0 Å². The van der Waals surface area contributed by atoms with Gasteiger partial charge in [0, 0.05) is 6.54 Å². The Morgan fingerprint density at radius 2 is 1.95 bits per heavy atom. The second-order valence-electron chi connectivity index (χ2n) is 6.62. The van der Waals surface area contributed by atoms with Crippen molar-refractivity contribution >= 4 is 12.0 Å². The van der Waals surface area contributed by atoms with Crippen LogP contribution in [0.5, 0.6) is 0 Å². The average Bonchev–Trinajstić information content (AvgIpc) is 2.21. The molecular weight excluding hydrogens is 248 g/mol. The molecule has 1 heterocycles. The molecule has 0 aromatic rings. The van der Waals surface area contributed by atoms with Crippen LogP contribution in [0.1, 0.15) is 34.6 Å². The molecule has 0 bridgehead atoms. The van der Waals surface area contributed by atoms with Crippen LogP contribution in [0.15, 0.2) is 0 Å².